The van der Waals surface area contributed by atoms with E-state index in [1.54, 1.807) is 6.92 Å². The minimum atomic E-state index is -3.81. The molecule has 0 aliphatic heterocycles. The molecule has 0 aliphatic carbocycles. The fraction of sp³-hybridized carbons (Fsp3) is 1.00. The fourth-order valence-corrected chi connectivity index (χ4v) is 4.91. The highest BCUT2D eigenvalue weighted by atomic mass is 31.2. The Labute approximate surface area is 187 Å². The molecular weight excluding hydrogens is 399 g/mol. The largest absolute Gasteiger partial charge is 0.778 e. The second kappa shape index (κ2) is 22.3. The van der Waals surface area contributed by atoms with Gasteiger partial charge in [-0.2, -0.15) is 0 Å². The third kappa shape index (κ3) is 21.3. The maximum atomic E-state index is 11.7. The van der Waals surface area contributed by atoms with Gasteiger partial charge in [-0.15, -0.1) is 0 Å². The highest BCUT2D eigenvalue weighted by Gasteiger charge is 2.17. The maximum absolute atomic E-state index is 11.7. The number of ether oxygens (including phenoxy) is 2. The molecule has 30 heavy (non-hydrogen) atoms. The zero-order chi connectivity index (χ0) is 22.3. The Hall–Kier alpha value is 0.0700. The average Bonchev–Trinajstić information content (AvgIpc) is 2.71. The molecule has 182 valence electrons. The third-order valence-corrected chi connectivity index (χ3v) is 7.04. The Kier molecular flexibility index (Phi) is 22.3. The van der Waals surface area contributed by atoms with Crippen molar-refractivity contribution in [1.29, 1.82) is 0 Å². The van der Waals surface area contributed by atoms with Gasteiger partial charge < -0.3 is 23.5 Å². The smallest absolute Gasteiger partial charge is 0.137 e. The van der Waals surface area contributed by atoms with Gasteiger partial charge in [-0.1, -0.05) is 103 Å². The molecule has 0 aromatic heterocycles. The van der Waals surface area contributed by atoms with Crippen LogP contribution in [0.5, 0.6) is 0 Å². The molecule has 0 amide bonds. The molecule has 5 nitrogen and oxygen atoms in total. The zero-order valence-corrected chi connectivity index (χ0v) is 21.1. The average molecular weight is 450 g/mol. The van der Waals surface area contributed by atoms with Crippen molar-refractivity contribution in [3.8, 4) is 0 Å². The molecule has 0 aromatic carbocycles. The third-order valence-electron chi connectivity index (χ3n) is 5.53. The van der Waals surface area contributed by atoms with Crippen LogP contribution < -0.4 is 4.89 Å². The van der Waals surface area contributed by atoms with E-state index >= 15 is 0 Å². The summed E-state index contributed by atoms with van der Waals surface area (Å²) in [5.74, 6) is 0. The maximum Gasteiger partial charge on any atom is 0.137 e. The molecule has 2 atom stereocenters. The van der Waals surface area contributed by atoms with E-state index in [0.29, 0.717) is 13.2 Å². The normalized spacial score (nSPS) is 14.7. The molecule has 0 bridgehead atoms. The van der Waals surface area contributed by atoms with E-state index < -0.39 is 13.7 Å². The van der Waals surface area contributed by atoms with Crippen molar-refractivity contribution in [1.82, 2.24) is 0 Å². The summed E-state index contributed by atoms with van der Waals surface area (Å²) in [6.07, 6.45) is 21.0. The predicted octanol–water partition coefficient (Wildman–Crippen LogP) is 6.87. The summed E-state index contributed by atoms with van der Waals surface area (Å²) in [5.41, 5.74) is 0. The van der Waals surface area contributed by atoms with Crippen molar-refractivity contribution in [2.24, 2.45) is 0 Å². The zero-order valence-electron chi connectivity index (χ0n) is 20.2. The van der Waals surface area contributed by atoms with Crippen molar-refractivity contribution in [3.63, 3.8) is 0 Å². The highest BCUT2D eigenvalue weighted by molar-refractivity contribution is 7.51. The van der Waals surface area contributed by atoms with Gasteiger partial charge in [0.25, 0.3) is 0 Å². The molecule has 0 aromatic rings. The summed E-state index contributed by atoms with van der Waals surface area (Å²) in [5, 5.41) is 0. The molecule has 0 radical (unpaired) electrons. The van der Waals surface area contributed by atoms with E-state index in [1.165, 1.54) is 103 Å². The Bertz CT molecular complexity index is 392. The molecular formula is C24H50O5P-. The van der Waals surface area contributed by atoms with Crippen molar-refractivity contribution < 1.29 is 23.5 Å². The van der Waals surface area contributed by atoms with Gasteiger partial charge in [0.15, 0.2) is 0 Å². The Morgan fingerprint density at radius 1 is 0.733 bits per heavy atom. The van der Waals surface area contributed by atoms with Crippen LogP contribution in [0, 0.1) is 0 Å². The second-order valence-corrected chi connectivity index (χ2v) is 10.3. The van der Waals surface area contributed by atoms with Crippen LogP contribution in [0.2, 0.25) is 0 Å². The number of hydrogen-bond acceptors (Lipinski definition) is 5. The number of unbranched alkanes of at least 4 members (excludes halogenated alkanes) is 15. The van der Waals surface area contributed by atoms with Gasteiger partial charge in [0.05, 0.1) is 19.3 Å². The van der Waals surface area contributed by atoms with Crippen LogP contribution in [0.4, 0.5) is 0 Å². The molecule has 0 saturated carbocycles. The highest BCUT2D eigenvalue weighted by Crippen LogP contribution is 2.37. The Morgan fingerprint density at radius 3 is 1.57 bits per heavy atom. The number of rotatable bonds is 24. The van der Waals surface area contributed by atoms with Crippen LogP contribution in [0.25, 0.3) is 0 Å². The quantitative estimate of drug-likeness (QED) is 0.119. The van der Waals surface area contributed by atoms with Gasteiger partial charge >= 0.3 is 0 Å². The molecule has 0 spiro atoms. The minimum Gasteiger partial charge on any atom is -0.778 e. The van der Waals surface area contributed by atoms with Crippen molar-refractivity contribution in [3.05, 3.63) is 0 Å². The van der Waals surface area contributed by atoms with E-state index in [1.807, 2.05) is 0 Å². The number of hydrogen-bond donors (Lipinski definition) is 0. The molecule has 0 heterocycles. The molecule has 0 fully saturated rings. The Morgan fingerprint density at radius 2 is 1.17 bits per heavy atom. The van der Waals surface area contributed by atoms with Crippen molar-refractivity contribution in [2.45, 2.75) is 123 Å². The topological polar surface area (TPSA) is 67.8 Å². The van der Waals surface area contributed by atoms with Gasteiger partial charge in [-0.05, 0) is 13.3 Å². The molecule has 0 saturated heterocycles. The monoisotopic (exact) mass is 449 g/mol. The lowest BCUT2D eigenvalue weighted by Gasteiger charge is -2.26. The lowest BCUT2D eigenvalue weighted by molar-refractivity contribution is -0.200. The predicted molar refractivity (Wildman–Crippen MR) is 125 cm³/mol. The summed E-state index contributed by atoms with van der Waals surface area (Å²) < 4.78 is 27.2. The first-order chi connectivity index (χ1) is 14.6. The summed E-state index contributed by atoms with van der Waals surface area (Å²) in [6.45, 7) is 5.07. The van der Waals surface area contributed by atoms with E-state index in [0.717, 1.165) is 6.42 Å². The minimum absolute atomic E-state index is 0.129. The van der Waals surface area contributed by atoms with E-state index in [-0.39, 0.29) is 12.8 Å². The van der Waals surface area contributed by atoms with Crippen LogP contribution in [0.3, 0.4) is 0 Å². The van der Waals surface area contributed by atoms with Crippen LogP contribution in [0.1, 0.15) is 117 Å². The Balaban J connectivity index is 3.31. The number of methoxy groups -OCH3 is 1. The molecule has 2 unspecified atom stereocenters. The second-order valence-electron chi connectivity index (χ2n) is 8.45. The lowest BCUT2D eigenvalue weighted by Crippen LogP contribution is -2.26. The van der Waals surface area contributed by atoms with Gasteiger partial charge in [-0.3, -0.25) is 0 Å². The first kappa shape index (κ1) is 30.1. The fourth-order valence-electron chi connectivity index (χ4n) is 3.66. The van der Waals surface area contributed by atoms with Gasteiger partial charge in [0.2, 0.25) is 0 Å². The first-order valence-corrected chi connectivity index (χ1v) is 14.3. The van der Waals surface area contributed by atoms with Gasteiger partial charge in [0.1, 0.15) is 7.60 Å². The molecule has 0 rings (SSSR count). The summed E-state index contributed by atoms with van der Waals surface area (Å²) in [6, 6.07) is 0. The van der Waals surface area contributed by atoms with Crippen LogP contribution >= 0.6 is 7.60 Å². The standard InChI is InChI=1S/C24H51O5P/c1-4-6-7-8-9-10-11-12-13-14-15-16-17-18-19-20-21-28-22-24(27-3)23-30(25,26)29-5-2/h24H,4-23H2,1-3H3,(H,25,26)/p-1. The molecule has 6 heteroatoms. The molecule has 0 aliphatic rings. The summed E-state index contributed by atoms with van der Waals surface area (Å²) in [7, 11) is -2.31. The van der Waals surface area contributed by atoms with E-state index in [9.17, 15) is 9.46 Å². The van der Waals surface area contributed by atoms with E-state index in [2.05, 4.69) is 6.92 Å². The van der Waals surface area contributed by atoms with Crippen molar-refractivity contribution >= 4 is 7.60 Å². The van der Waals surface area contributed by atoms with E-state index in [4.69, 9.17) is 14.0 Å². The molecule has 0 N–H and O–H groups in total. The van der Waals surface area contributed by atoms with Gasteiger partial charge in [0, 0.05) is 19.9 Å². The lowest BCUT2D eigenvalue weighted by atomic mass is 10.0. The van der Waals surface area contributed by atoms with Crippen LogP contribution in [0.15, 0.2) is 0 Å². The van der Waals surface area contributed by atoms with Crippen molar-refractivity contribution in [2.75, 3.05) is 33.1 Å². The van der Waals surface area contributed by atoms with Gasteiger partial charge in [-0.25, -0.2) is 0 Å². The summed E-state index contributed by atoms with van der Waals surface area (Å²) >= 11 is 0. The SMILES string of the molecule is CCCCCCCCCCCCCCCCCCOCC(CP(=O)([O-])OCC)OC. The van der Waals surface area contributed by atoms with Crippen LogP contribution in [-0.4, -0.2) is 39.2 Å². The first-order valence-electron chi connectivity index (χ1n) is 12.6. The van der Waals surface area contributed by atoms with Crippen LogP contribution in [-0.2, 0) is 18.6 Å². The summed E-state index contributed by atoms with van der Waals surface area (Å²) in [4.78, 5) is 11.7.